The second-order valence-corrected chi connectivity index (χ2v) is 5.43. The molecule has 1 N–H and O–H groups in total. The van der Waals surface area contributed by atoms with Gasteiger partial charge in [0.25, 0.3) is 0 Å². The molecule has 3 aliphatic rings. The van der Waals surface area contributed by atoms with E-state index in [0.717, 1.165) is 6.08 Å². The summed E-state index contributed by atoms with van der Waals surface area (Å²) in [5.41, 5.74) is 0. The number of esters is 3. The van der Waals surface area contributed by atoms with Crippen molar-refractivity contribution < 1.29 is 43.2 Å². The van der Waals surface area contributed by atoms with E-state index in [-0.39, 0.29) is 13.0 Å². The van der Waals surface area contributed by atoms with E-state index in [9.17, 15) is 24.3 Å². The van der Waals surface area contributed by atoms with E-state index >= 15 is 0 Å². The van der Waals surface area contributed by atoms with E-state index < -0.39 is 60.1 Å². The van der Waals surface area contributed by atoms with Crippen molar-refractivity contribution in [3.05, 3.63) is 12.7 Å². The zero-order valence-electron chi connectivity index (χ0n) is 11.9. The minimum atomic E-state index is -1.19. The van der Waals surface area contributed by atoms with Crippen LogP contribution in [0.25, 0.3) is 0 Å². The summed E-state index contributed by atoms with van der Waals surface area (Å²) >= 11 is 0. The molecule has 0 aromatic carbocycles. The molecule has 6 unspecified atom stereocenters. The lowest BCUT2D eigenvalue weighted by molar-refractivity contribution is -0.163. The number of carbonyl (C=O) groups excluding carboxylic acids is 3. The topological polar surface area (TPSA) is 125 Å². The highest BCUT2D eigenvalue weighted by atomic mass is 16.7. The third kappa shape index (κ3) is 2.46. The highest BCUT2D eigenvalue weighted by molar-refractivity contribution is 5.86. The fourth-order valence-electron chi connectivity index (χ4n) is 3.26. The summed E-state index contributed by atoms with van der Waals surface area (Å²) in [7, 11) is 0. The molecule has 0 aromatic rings. The first-order valence-electron chi connectivity index (χ1n) is 7.01. The van der Waals surface area contributed by atoms with E-state index in [1.54, 1.807) is 0 Å². The smallest absolute Gasteiger partial charge is 0.330 e. The van der Waals surface area contributed by atoms with Crippen LogP contribution >= 0.6 is 0 Å². The Morgan fingerprint density at radius 2 is 2.00 bits per heavy atom. The molecular formula is C14H14O9. The number of carbonyl (C=O) groups is 4. The SMILES string of the molecule is C=CC(=O)OCCC(=O)OC1C2OC(=O)C3C2OC1C3C(=O)O. The Morgan fingerprint density at radius 3 is 2.65 bits per heavy atom. The molecule has 0 aliphatic carbocycles. The van der Waals surface area contributed by atoms with E-state index in [1.807, 2.05) is 0 Å². The van der Waals surface area contributed by atoms with Gasteiger partial charge >= 0.3 is 23.9 Å². The Hall–Kier alpha value is -2.42. The van der Waals surface area contributed by atoms with Crippen molar-refractivity contribution in [2.75, 3.05) is 6.61 Å². The van der Waals surface area contributed by atoms with Crippen LogP contribution < -0.4 is 0 Å². The molecule has 3 aliphatic heterocycles. The number of carboxylic acids is 1. The Morgan fingerprint density at radius 1 is 1.26 bits per heavy atom. The van der Waals surface area contributed by atoms with E-state index in [4.69, 9.17) is 14.2 Å². The van der Waals surface area contributed by atoms with Gasteiger partial charge in [-0.2, -0.15) is 0 Å². The Labute approximate surface area is 130 Å². The van der Waals surface area contributed by atoms with Crippen LogP contribution in [0.4, 0.5) is 0 Å². The summed E-state index contributed by atoms with van der Waals surface area (Å²) < 4.78 is 20.4. The molecule has 124 valence electrons. The fourth-order valence-corrected chi connectivity index (χ4v) is 3.26. The number of rotatable bonds is 6. The Balaban J connectivity index is 1.62. The highest BCUT2D eigenvalue weighted by Crippen LogP contribution is 2.51. The summed E-state index contributed by atoms with van der Waals surface area (Å²) in [4.78, 5) is 45.7. The van der Waals surface area contributed by atoms with Crippen LogP contribution in [0.2, 0.25) is 0 Å². The number of ether oxygens (including phenoxy) is 4. The maximum absolute atomic E-state index is 11.8. The molecule has 3 saturated heterocycles. The largest absolute Gasteiger partial charge is 0.481 e. The molecule has 3 heterocycles. The van der Waals surface area contributed by atoms with Gasteiger partial charge in [0.05, 0.1) is 6.42 Å². The molecule has 3 rings (SSSR count). The predicted molar refractivity (Wildman–Crippen MR) is 68.8 cm³/mol. The maximum Gasteiger partial charge on any atom is 0.330 e. The van der Waals surface area contributed by atoms with Crippen LogP contribution in [0.3, 0.4) is 0 Å². The molecule has 0 radical (unpaired) electrons. The molecule has 6 atom stereocenters. The van der Waals surface area contributed by atoms with Crippen molar-refractivity contribution in [3.8, 4) is 0 Å². The summed E-state index contributed by atoms with van der Waals surface area (Å²) in [5, 5.41) is 9.26. The number of hydrogen-bond donors (Lipinski definition) is 1. The maximum atomic E-state index is 11.8. The van der Waals surface area contributed by atoms with E-state index in [0.29, 0.717) is 0 Å². The van der Waals surface area contributed by atoms with Crippen molar-refractivity contribution >= 4 is 23.9 Å². The number of fused-ring (bicyclic) bond motifs is 1. The van der Waals surface area contributed by atoms with Crippen LogP contribution in [0.5, 0.6) is 0 Å². The lowest BCUT2D eigenvalue weighted by atomic mass is 9.78. The van der Waals surface area contributed by atoms with Gasteiger partial charge < -0.3 is 24.1 Å². The second-order valence-electron chi connectivity index (χ2n) is 5.43. The predicted octanol–water partition coefficient (Wildman–Crippen LogP) is -0.959. The zero-order valence-corrected chi connectivity index (χ0v) is 11.9. The van der Waals surface area contributed by atoms with Crippen LogP contribution in [0.15, 0.2) is 12.7 Å². The third-order valence-corrected chi connectivity index (χ3v) is 4.17. The molecule has 3 fully saturated rings. The number of hydrogen-bond acceptors (Lipinski definition) is 8. The molecule has 0 aromatic heterocycles. The van der Waals surface area contributed by atoms with Gasteiger partial charge in [0, 0.05) is 6.08 Å². The number of aliphatic carboxylic acids is 1. The van der Waals surface area contributed by atoms with Crippen LogP contribution in [0, 0.1) is 11.8 Å². The Bertz CT molecular complexity index is 583. The number of carboxylic acid groups (broad SMARTS) is 1. The standard InChI is InChI=1S/C14H14O9/c1-2-5(15)20-4-3-6(16)21-11-9-7(13(17)18)8-10(22-9)12(11)23-14(8)19/h2,7-12H,1,3-4H2,(H,17,18). The molecule has 0 spiro atoms. The van der Waals surface area contributed by atoms with Crippen molar-refractivity contribution in [2.45, 2.75) is 30.8 Å². The molecule has 9 nitrogen and oxygen atoms in total. The van der Waals surface area contributed by atoms with Crippen LogP contribution in [-0.4, -0.2) is 60.0 Å². The van der Waals surface area contributed by atoms with Crippen molar-refractivity contribution in [3.63, 3.8) is 0 Å². The summed E-state index contributed by atoms with van der Waals surface area (Å²) in [5.74, 6) is -5.16. The van der Waals surface area contributed by atoms with Gasteiger partial charge in [-0.1, -0.05) is 6.58 Å². The molecule has 23 heavy (non-hydrogen) atoms. The van der Waals surface area contributed by atoms with Gasteiger partial charge in [-0.15, -0.1) is 0 Å². The molecule has 0 amide bonds. The first-order valence-corrected chi connectivity index (χ1v) is 7.01. The Kier molecular flexibility index (Phi) is 3.80. The zero-order chi connectivity index (χ0) is 16.7. The monoisotopic (exact) mass is 326 g/mol. The minimum absolute atomic E-state index is 0.194. The molecule has 2 bridgehead atoms. The fraction of sp³-hybridized carbons (Fsp3) is 0.571. The van der Waals surface area contributed by atoms with Gasteiger partial charge in [0.1, 0.15) is 30.7 Å². The molecule has 0 saturated carbocycles. The van der Waals surface area contributed by atoms with E-state index in [2.05, 4.69) is 11.3 Å². The lowest BCUT2D eigenvalue weighted by Gasteiger charge is -2.26. The quantitative estimate of drug-likeness (QED) is 0.373. The summed E-state index contributed by atoms with van der Waals surface area (Å²) in [6, 6.07) is 0. The molecule has 9 heteroatoms. The van der Waals surface area contributed by atoms with Gasteiger partial charge in [-0.25, -0.2) is 4.79 Å². The summed E-state index contributed by atoms with van der Waals surface area (Å²) in [6.07, 6.45) is -2.62. The van der Waals surface area contributed by atoms with Crippen LogP contribution in [-0.2, 0) is 38.1 Å². The normalized spacial score (nSPS) is 36.4. The van der Waals surface area contributed by atoms with Gasteiger partial charge in [0.2, 0.25) is 0 Å². The van der Waals surface area contributed by atoms with Gasteiger partial charge in [0.15, 0.2) is 12.2 Å². The summed E-state index contributed by atoms with van der Waals surface area (Å²) in [6.45, 7) is 3.02. The average molecular weight is 326 g/mol. The average Bonchev–Trinajstić information content (AvgIpc) is 3.10. The van der Waals surface area contributed by atoms with Crippen molar-refractivity contribution in [1.82, 2.24) is 0 Å². The van der Waals surface area contributed by atoms with E-state index in [1.165, 1.54) is 0 Å². The second kappa shape index (κ2) is 5.65. The molecular weight excluding hydrogens is 312 g/mol. The van der Waals surface area contributed by atoms with Crippen molar-refractivity contribution in [2.24, 2.45) is 11.8 Å². The minimum Gasteiger partial charge on any atom is -0.481 e. The lowest BCUT2D eigenvalue weighted by Crippen LogP contribution is -2.47. The van der Waals surface area contributed by atoms with Gasteiger partial charge in [-0.3, -0.25) is 14.4 Å². The van der Waals surface area contributed by atoms with Gasteiger partial charge in [-0.05, 0) is 0 Å². The first-order chi connectivity index (χ1) is 10.9. The van der Waals surface area contributed by atoms with Crippen LogP contribution in [0.1, 0.15) is 6.42 Å². The third-order valence-electron chi connectivity index (χ3n) is 4.17. The van der Waals surface area contributed by atoms with Crippen molar-refractivity contribution in [1.29, 1.82) is 0 Å². The first kappa shape index (κ1) is 15.5. The highest BCUT2D eigenvalue weighted by Gasteiger charge is 2.71.